The largest absolute Gasteiger partial charge is 0.467 e. The third kappa shape index (κ3) is 4.27. The summed E-state index contributed by atoms with van der Waals surface area (Å²) < 4.78 is 6.93. The average Bonchev–Trinajstić information content (AvgIpc) is 3.25. The number of furan rings is 1. The molecule has 0 aliphatic rings. The van der Waals surface area contributed by atoms with Gasteiger partial charge in [0.1, 0.15) is 5.76 Å². The Labute approximate surface area is 181 Å². The maximum Gasteiger partial charge on any atom is 0.262 e. The number of thioether (sulfide) groups is 1. The molecule has 4 rings (SSSR count). The summed E-state index contributed by atoms with van der Waals surface area (Å²) in [5, 5.41) is 4.28. The van der Waals surface area contributed by atoms with E-state index in [2.05, 4.69) is 10.3 Å². The van der Waals surface area contributed by atoms with E-state index in [1.807, 2.05) is 25.1 Å². The molecule has 2 aromatic carbocycles. The van der Waals surface area contributed by atoms with Crippen LogP contribution in [0.5, 0.6) is 0 Å². The Morgan fingerprint density at radius 2 is 2.00 bits per heavy atom. The number of carbonyl (C=O) groups is 1. The lowest BCUT2D eigenvalue weighted by Gasteiger charge is -2.13. The summed E-state index contributed by atoms with van der Waals surface area (Å²) in [6.45, 7) is 2.11. The smallest absolute Gasteiger partial charge is 0.262 e. The van der Waals surface area contributed by atoms with Gasteiger partial charge in [0, 0.05) is 0 Å². The van der Waals surface area contributed by atoms with Gasteiger partial charge < -0.3 is 9.73 Å². The molecule has 4 aromatic rings. The molecule has 0 saturated carbocycles. The molecule has 30 heavy (non-hydrogen) atoms. The maximum atomic E-state index is 13.1. The van der Waals surface area contributed by atoms with Crippen molar-refractivity contribution < 1.29 is 9.21 Å². The van der Waals surface area contributed by atoms with Crippen LogP contribution in [0.3, 0.4) is 0 Å². The Balaban J connectivity index is 1.61. The van der Waals surface area contributed by atoms with E-state index in [1.54, 1.807) is 42.7 Å². The number of amides is 1. The number of hydrogen-bond acceptors (Lipinski definition) is 5. The van der Waals surface area contributed by atoms with Crippen molar-refractivity contribution in [3.63, 3.8) is 0 Å². The Bertz CT molecular complexity index is 1250. The molecule has 0 saturated heterocycles. The Kier molecular flexibility index (Phi) is 5.92. The van der Waals surface area contributed by atoms with Crippen molar-refractivity contribution in [3.05, 3.63) is 87.6 Å². The normalized spacial score (nSPS) is 11.0. The summed E-state index contributed by atoms with van der Waals surface area (Å²) in [5.74, 6) is 0.475. The van der Waals surface area contributed by atoms with Gasteiger partial charge in [-0.1, -0.05) is 47.6 Å². The number of anilines is 1. The molecule has 0 spiro atoms. The quantitative estimate of drug-likeness (QED) is 0.347. The van der Waals surface area contributed by atoms with E-state index in [1.165, 1.54) is 16.3 Å². The molecule has 1 N–H and O–H groups in total. The molecule has 2 aromatic heterocycles. The van der Waals surface area contributed by atoms with E-state index in [9.17, 15) is 9.59 Å². The lowest BCUT2D eigenvalue weighted by atomic mass is 10.2. The number of nitrogens with one attached hydrogen (secondary N) is 1. The molecule has 0 radical (unpaired) electrons. The van der Waals surface area contributed by atoms with Crippen molar-refractivity contribution in [2.75, 3.05) is 11.1 Å². The third-order valence-corrected chi connectivity index (χ3v) is 5.83. The molecular formula is C22H18ClN3O3S. The van der Waals surface area contributed by atoms with Crippen molar-refractivity contribution >= 4 is 45.9 Å². The molecule has 2 heterocycles. The number of fused-ring (bicyclic) bond motifs is 1. The zero-order valence-electron chi connectivity index (χ0n) is 16.1. The second-order valence-electron chi connectivity index (χ2n) is 6.65. The molecule has 1 amide bonds. The number of carbonyl (C=O) groups excluding carboxylic acids is 1. The standard InChI is InChI=1S/C22H18ClN3O3S/c1-14-6-4-9-17(23)20(14)25-19(27)13-30-22-24-18-10-3-2-8-16(18)21(28)26(22)12-15-7-5-11-29-15/h2-11H,12-13H2,1H3,(H,25,27). The van der Waals surface area contributed by atoms with Gasteiger partial charge in [-0.2, -0.15) is 0 Å². The third-order valence-electron chi connectivity index (χ3n) is 4.54. The first-order chi connectivity index (χ1) is 14.5. The fraction of sp³-hybridized carbons (Fsp3) is 0.136. The van der Waals surface area contributed by atoms with Gasteiger partial charge in [0.2, 0.25) is 5.91 Å². The number of benzene rings is 2. The van der Waals surface area contributed by atoms with Crippen molar-refractivity contribution in [1.29, 1.82) is 0 Å². The molecule has 8 heteroatoms. The van der Waals surface area contributed by atoms with Gasteiger partial charge >= 0.3 is 0 Å². The van der Waals surface area contributed by atoms with Crippen molar-refractivity contribution in [1.82, 2.24) is 9.55 Å². The molecular weight excluding hydrogens is 422 g/mol. The fourth-order valence-corrected chi connectivity index (χ4v) is 4.12. The Morgan fingerprint density at radius 3 is 2.77 bits per heavy atom. The van der Waals surface area contributed by atoms with Gasteiger partial charge in [-0.3, -0.25) is 14.2 Å². The zero-order chi connectivity index (χ0) is 21.1. The van der Waals surface area contributed by atoms with E-state index < -0.39 is 0 Å². The number of para-hydroxylation sites is 2. The highest BCUT2D eigenvalue weighted by Crippen LogP contribution is 2.26. The number of hydrogen-bond donors (Lipinski definition) is 1. The van der Waals surface area contributed by atoms with Gasteiger partial charge in [-0.15, -0.1) is 0 Å². The predicted molar refractivity (Wildman–Crippen MR) is 119 cm³/mol. The van der Waals surface area contributed by atoms with Crippen LogP contribution >= 0.6 is 23.4 Å². The van der Waals surface area contributed by atoms with Crippen molar-refractivity contribution in [2.45, 2.75) is 18.6 Å². The molecule has 6 nitrogen and oxygen atoms in total. The van der Waals surface area contributed by atoms with Crippen molar-refractivity contribution in [2.24, 2.45) is 0 Å². The number of aromatic nitrogens is 2. The van der Waals surface area contributed by atoms with Gasteiger partial charge in [-0.25, -0.2) is 4.98 Å². The Hall–Kier alpha value is -3.03. The van der Waals surface area contributed by atoms with Crippen molar-refractivity contribution in [3.8, 4) is 0 Å². The van der Waals surface area contributed by atoms with E-state index in [-0.39, 0.29) is 23.8 Å². The van der Waals surface area contributed by atoms with Crippen LogP contribution in [-0.4, -0.2) is 21.2 Å². The summed E-state index contributed by atoms with van der Waals surface area (Å²) in [6.07, 6.45) is 1.56. The van der Waals surface area contributed by atoms with Crippen LogP contribution in [0.4, 0.5) is 5.69 Å². The van der Waals surface area contributed by atoms with Gasteiger partial charge in [0.05, 0.1) is 40.2 Å². The molecule has 0 unspecified atom stereocenters. The minimum Gasteiger partial charge on any atom is -0.467 e. The van der Waals surface area contributed by atoms with E-state index in [0.29, 0.717) is 32.5 Å². The van der Waals surface area contributed by atoms with Crippen LogP contribution in [0, 0.1) is 6.92 Å². The molecule has 0 aliphatic heterocycles. The summed E-state index contributed by atoms with van der Waals surface area (Å²) in [7, 11) is 0. The van der Waals surface area contributed by atoms with Gasteiger partial charge in [0.15, 0.2) is 5.16 Å². The average molecular weight is 440 g/mol. The molecule has 152 valence electrons. The number of halogens is 1. The molecule has 0 atom stereocenters. The molecule has 0 bridgehead atoms. The van der Waals surface area contributed by atoms with Crippen LogP contribution in [-0.2, 0) is 11.3 Å². The lowest BCUT2D eigenvalue weighted by Crippen LogP contribution is -2.24. The SMILES string of the molecule is Cc1cccc(Cl)c1NC(=O)CSc1nc2ccccc2c(=O)n1Cc1ccco1. The molecule has 0 fully saturated rings. The minimum atomic E-state index is -0.233. The highest BCUT2D eigenvalue weighted by atomic mass is 35.5. The lowest BCUT2D eigenvalue weighted by molar-refractivity contribution is -0.113. The first kappa shape index (κ1) is 20.3. The minimum absolute atomic E-state index is 0.0770. The summed E-state index contributed by atoms with van der Waals surface area (Å²) >= 11 is 7.38. The maximum absolute atomic E-state index is 13.1. The van der Waals surface area contributed by atoms with Crippen LogP contribution in [0.25, 0.3) is 10.9 Å². The molecule has 0 aliphatic carbocycles. The highest BCUT2D eigenvalue weighted by molar-refractivity contribution is 7.99. The topological polar surface area (TPSA) is 77.1 Å². The number of rotatable bonds is 6. The van der Waals surface area contributed by atoms with Crippen LogP contribution in [0.1, 0.15) is 11.3 Å². The summed E-state index contributed by atoms with van der Waals surface area (Å²) in [6, 6.07) is 16.1. The second-order valence-corrected chi connectivity index (χ2v) is 8.00. The van der Waals surface area contributed by atoms with E-state index in [0.717, 1.165) is 5.56 Å². The first-order valence-electron chi connectivity index (χ1n) is 9.22. The van der Waals surface area contributed by atoms with Gasteiger partial charge in [0.25, 0.3) is 5.56 Å². The van der Waals surface area contributed by atoms with Crippen LogP contribution < -0.4 is 10.9 Å². The van der Waals surface area contributed by atoms with Gasteiger partial charge in [-0.05, 0) is 42.8 Å². The summed E-state index contributed by atoms with van der Waals surface area (Å²) in [4.78, 5) is 30.2. The van der Waals surface area contributed by atoms with Crippen LogP contribution in [0.15, 0.2) is 75.2 Å². The predicted octanol–water partition coefficient (Wildman–Crippen LogP) is 4.73. The van der Waals surface area contributed by atoms with Crippen LogP contribution in [0.2, 0.25) is 5.02 Å². The van der Waals surface area contributed by atoms with E-state index in [4.69, 9.17) is 16.0 Å². The second kappa shape index (κ2) is 8.77. The Morgan fingerprint density at radius 1 is 1.17 bits per heavy atom. The number of aryl methyl sites for hydroxylation is 1. The zero-order valence-corrected chi connectivity index (χ0v) is 17.7. The number of nitrogens with zero attached hydrogens (tertiary/aromatic N) is 2. The summed E-state index contributed by atoms with van der Waals surface area (Å²) in [5.41, 5.74) is 1.87. The fourth-order valence-electron chi connectivity index (χ4n) is 3.05. The first-order valence-corrected chi connectivity index (χ1v) is 10.6. The monoisotopic (exact) mass is 439 g/mol. The van der Waals surface area contributed by atoms with E-state index >= 15 is 0 Å². The highest BCUT2D eigenvalue weighted by Gasteiger charge is 2.15.